The summed E-state index contributed by atoms with van der Waals surface area (Å²) in [5.74, 6) is -0.766. The Balaban J connectivity index is 2.09. The molecule has 0 spiro atoms. The standard InChI is InChI=1S/C13H16ClN3O2/c14-11-4-3-9(6-10(11)12(16)18)17-13(19)7-1-2-8(15)5-7/h3-4,6-8H,1-2,5,15H2,(H2,16,18)(H,17,19). The summed E-state index contributed by atoms with van der Waals surface area (Å²) in [6.45, 7) is 0. The van der Waals surface area contributed by atoms with Gasteiger partial charge in [0.05, 0.1) is 10.6 Å². The largest absolute Gasteiger partial charge is 0.366 e. The van der Waals surface area contributed by atoms with Gasteiger partial charge in [0, 0.05) is 17.6 Å². The molecule has 2 rings (SSSR count). The highest BCUT2D eigenvalue weighted by Gasteiger charge is 2.27. The third-order valence-corrected chi connectivity index (χ3v) is 3.67. The first-order valence-corrected chi connectivity index (χ1v) is 6.51. The average molecular weight is 282 g/mol. The lowest BCUT2D eigenvalue weighted by molar-refractivity contribution is -0.119. The summed E-state index contributed by atoms with van der Waals surface area (Å²) in [6.07, 6.45) is 2.36. The quantitative estimate of drug-likeness (QED) is 0.783. The van der Waals surface area contributed by atoms with Crippen molar-refractivity contribution in [2.45, 2.75) is 25.3 Å². The first kappa shape index (κ1) is 13.8. The van der Waals surface area contributed by atoms with Crippen LogP contribution in [0.1, 0.15) is 29.6 Å². The predicted molar refractivity (Wildman–Crippen MR) is 73.9 cm³/mol. The van der Waals surface area contributed by atoms with Crippen LogP contribution < -0.4 is 16.8 Å². The van der Waals surface area contributed by atoms with Gasteiger partial charge in [0.25, 0.3) is 0 Å². The van der Waals surface area contributed by atoms with Crippen molar-refractivity contribution in [3.8, 4) is 0 Å². The lowest BCUT2D eigenvalue weighted by atomic mass is 10.1. The van der Waals surface area contributed by atoms with E-state index in [1.165, 1.54) is 12.1 Å². The topological polar surface area (TPSA) is 98.2 Å². The number of hydrogen-bond acceptors (Lipinski definition) is 3. The third kappa shape index (κ3) is 3.24. The number of hydrogen-bond donors (Lipinski definition) is 3. The predicted octanol–water partition coefficient (Wildman–Crippen LogP) is 1.50. The zero-order chi connectivity index (χ0) is 14.0. The fourth-order valence-electron chi connectivity index (χ4n) is 2.29. The fraction of sp³-hybridized carbons (Fsp3) is 0.385. The van der Waals surface area contributed by atoms with E-state index in [-0.39, 0.29) is 28.5 Å². The number of primary amides is 1. The SMILES string of the molecule is NC(=O)c1cc(NC(=O)C2CCC(N)C2)ccc1Cl. The van der Waals surface area contributed by atoms with Crippen LogP contribution in [0.5, 0.6) is 0 Å². The number of nitrogens with two attached hydrogens (primary N) is 2. The van der Waals surface area contributed by atoms with Gasteiger partial charge in [0.2, 0.25) is 11.8 Å². The van der Waals surface area contributed by atoms with Gasteiger partial charge >= 0.3 is 0 Å². The second-order valence-corrected chi connectivity index (χ2v) is 5.23. The van der Waals surface area contributed by atoms with Crippen LogP contribution >= 0.6 is 11.6 Å². The molecule has 2 amide bonds. The summed E-state index contributed by atoms with van der Waals surface area (Å²) < 4.78 is 0. The van der Waals surface area contributed by atoms with Crippen molar-refractivity contribution >= 4 is 29.1 Å². The lowest BCUT2D eigenvalue weighted by Crippen LogP contribution is -2.23. The summed E-state index contributed by atoms with van der Waals surface area (Å²) in [6, 6.07) is 4.76. The highest BCUT2D eigenvalue weighted by atomic mass is 35.5. The van der Waals surface area contributed by atoms with E-state index in [9.17, 15) is 9.59 Å². The number of carbonyl (C=O) groups is 2. The third-order valence-electron chi connectivity index (χ3n) is 3.34. The molecule has 0 radical (unpaired) electrons. The van der Waals surface area contributed by atoms with E-state index in [2.05, 4.69) is 5.32 Å². The van der Waals surface area contributed by atoms with E-state index >= 15 is 0 Å². The van der Waals surface area contributed by atoms with Gasteiger partial charge in [-0.2, -0.15) is 0 Å². The van der Waals surface area contributed by atoms with Gasteiger partial charge in [0.15, 0.2) is 0 Å². The molecule has 0 saturated heterocycles. The molecule has 1 aromatic carbocycles. The van der Waals surface area contributed by atoms with Gasteiger partial charge < -0.3 is 16.8 Å². The molecule has 19 heavy (non-hydrogen) atoms. The molecule has 2 unspecified atom stereocenters. The maximum absolute atomic E-state index is 12.0. The summed E-state index contributed by atoms with van der Waals surface area (Å²) in [7, 11) is 0. The molecule has 1 saturated carbocycles. The normalized spacial score (nSPS) is 22.2. The van der Waals surface area contributed by atoms with E-state index < -0.39 is 5.91 Å². The molecule has 1 aliphatic carbocycles. The Bertz CT molecular complexity index is 519. The van der Waals surface area contributed by atoms with Gasteiger partial charge in [-0.1, -0.05) is 11.6 Å². The minimum atomic E-state index is -0.621. The van der Waals surface area contributed by atoms with Crippen LogP contribution in [0.15, 0.2) is 18.2 Å². The van der Waals surface area contributed by atoms with Crippen molar-refractivity contribution < 1.29 is 9.59 Å². The average Bonchev–Trinajstić information content (AvgIpc) is 2.78. The van der Waals surface area contributed by atoms with E-state index in [1.54, 1.807) is 6.07 Å². The maximum Gasteiger partial charge on any atom is 0.250 e. The molecule has 1 aliphatic rings. The van der Waals surface area contributed by atoms with Gasteiger partial charge in [-0.15, -0.1) is 0 Å². The lowest BCUT2D eigenvalue weighted by Gasteiger charge is -2.11. The van der Waals surface area contributed by atoms with Crippen molar-refractivity contribution in [3.63, 3.8) is 0 Å². The highest BCUT2D eigenvalue weighted by molar-refractivity contribution is 6.34. The Morgan fingerprint density at radius 3 is 2.63 bits per heavy atom. The second kappa shape index (κ2) is 5.59. The number of nitrogens with one attached hydrogen (secondary N) is 1. The number of rotatable bonds is 3. The molecule has 1 fully saturated rings. The monoisotopic (exact) mass is 281 g/mol. The van der Waals surface area contributed by atoms with E-state index in [0.717, 1.165) is 12.8 Å². The second-order valence-electron chi connectivity index (χ2n) is 4.82. The molecular weight excluding hydrogens is 266 g/mol. The van der Waals surface area contributed by atoms with Crippen LogP contribution in [0.3, 0.4) is 0 Å². The van der Waals surface area contributed by atoms with Crippen molar-refractivity contribution in [1.82, 2.24) is 0 Å². The minimum Gasteiger partial charge on any atom is -0.366 e. The van der Waals surface area contributed by atoms with E-state index in [1.807, 2.05) is 0 Å². The Morgan fingerprint density at radius 2 is 2.05 bits per heavy atom. The minimum absolute atomic E-state index is 0.0669. The molecule has 1 aromatic rings. The van der Waals surface area contributed by atoms with E-state index in [4.69, 9.17) is 23.1 Å². The van der Waals surface area contributed by atoms with Crippen molar-refractivity contribution in [1.29, 1.82) is 0 Å². The molecule has 0 aliphatic heterocycles. The first-order valence-electron chi connectivity index (χ1n) is 6.13. The summed E-state index contributed by atoms with van der Waals surface area (Å²) >= 11 is 5.84. The number of amides is 2. The Hall–Kier alpha value is -1.59. The Kier molecular flexibility index (Phi) is 4.07. The number of anilines is 1. The fourth-order valence-corrected chi connectivity index (χ4v) is 2.50. The van der Waals surface area contributed by atoms with Crippen LogP contribution in [-0.2, 0) is 4.79 Å². The Morgan fingerprint density at radius 1 is 1.32 bits per heavy atom. The van der Waals surface area contributed by atoms with Crippen LogP contribution in [0.4, 0.5) is 5.69 Å². The zero-order valence-electron chi connectivity index (χ0n) is 10.4. The van der Waals surface area contributed by atoms with Gasteiger partial charge in [0.1, 0.15) is 0 Å². The summed E-state index contributed by atoms with van der Waals surface area (Å²) in [4.78, 5) is 23.2. The van der Waals surface area contributed by atoms with Crippen LogP contribution in [0.2, 0.25) is 5.02 Å². The maximum atomic E-state index is 12.0. The zero-order valence-corrected chi connectivity index (χ0v) is 11.1. The van der Waals surface area contributed by atoms with Crippen molar-refractivity contribution in [2.24, 2.45) is 17.4 Å². The smallest absolute Gasteiger partial charge is 0.250 e. The summed E-state index contributed by atoms with van der Waals surface area (Å²) in [5, 5.41) is 3.04. The molecule has 5 nitrogen and oxygen atoms in total. The molecule has 6 heteroatoms. The van der Waals surface area contributed by atoms with E-state index in [0.29, 0.717) is 12.1 Å². The van der Waals surface area contributed by atoms with Crippen LogP contribution in [0.25, 0.3) is 0 Å². The van der Waals surface area contributed by atoms with Crippen molar-refractivity contribution in [3.05, 3.63) is 28.8 Å². The van der Waals surface area contributed by atoms with Crippen LogP contribution in [0, 0.1) is 5.92 Å². The molecule has 0 bridgehead atoms. The number of benzene rings is 1. The number of halogens is 1. The molecule has 0 heterocycles. The van der Waals surface area contributed by atoms with Gasteiger partial charge in [-0.05, 0) is 37.5 Å². The molecule has 2 atom stereocenters. The van der Waals surface area contributed by atoms with Crippen LogP contribution in [-0.4, -0.2) is 17.9 Å². The molecule has 5 N–H and O–H groups in total. The highest BCUT2D eigenvalue weighted by Crippen LogP contribution is 2.26. The Labute approximate surface area is 116 Å². The molecular formula is C13H16ClN3O2. The molecule has 0 aromatic heterocycles. The first-order chi connectivity index (χ1) is 8.97. The van der Waals surface area contributed by atoms with Gasteiger partial charge in [-0.25, -0.2) is 0 Å². The number of carbonyl (C=O) groups excluding carboxylic acids is 2. The summed E-state index contributed by atoms with van der Waals surface area (Å²) in [5.41, 5.74) is 11.7. The van der Waals surface area contributed by atoms with Gasteiger partial charge in [-0.3, -0.25) is 9.59 Å². The van der Waals surface area contributed by atoms with Crippen molar-refractivity contribution in [2.75, 3.05) is 5.32 Å². The molecule has 102 valence electrons.